The highest BCUT2D eigenvalue weighted by Gasteiger charge is 2.20. The van der Waals surface area contributed by atoms with Crippen molar-refractivity contribution < 1.29 is 0 Å². The Morgan fingerprint density at radius 1 is 0.656 bits per heavy atom. The number of anilines is 3. The predicted octanol–water partition coefficient (Wildman–Crippen LogP) is 9.87. The quantitative estimate of drug-likeness (QED) is 0.328. The van der Waals surface area contributed by atoms with Crippen LogP contribution in [0.2, 0.25) is 0 Å². The van der Waals surface area contributed by atoms with Crippen LogP contribution in [0.3, 0.4) is 0 Å². The van der Waals surface area contributed by atoms with Gasteiger partial charge >= 0.3 is 0 Å². The molecule has 0 radical (unpaired) electrons. The van der Waals surface area contributed by atoms with E-state index >= 15 is 0 Å². The lowest BCUT2D eigenvalue weighted by atomic mass is 9.81. The number of benzene rings is 3. The molecule has 3 aromatic rings. The van der Waals surface area contributed by atoms with E-state index in [1.54, 1.807) is 0 Å². The molecule has 32 heavy (non-hydrogen) atoms. The first kappa shape index (κ1) is 24.1. The van der Waals surface area contributed by atoms with Crippen molar-refractivity contribution >= 4 is 17.1 Å². The second-order valence-corrected chi connectivity index (χ2v) is 10.2. The molecule has 0 aliphatic heterocycles. The van der Waals surface area contributed by atoms with Gasteiger partial charge < -0.3 is 4.90 Å². The normalized spacial score (nSPS) is 12.8. The number of rotatable bonds is 9. The van der Waals surface area contributed by atoms with E-state index in [2.05, 4.69) is 126 Å². The average Bonchev–Trinajstić information content (AvgIpc) is 2.80. The molecular formula is C31H41N. The molecule has 3 aromatic carbocycles. The molecule has 0 bridgehead atoms. The van der Waals surface area contributed by atoms with Crippen LogP contribution in [0.15, 0.2) is 72.8 Å². The Bertz CT molecular complexity index is 962. The highest BCUT2D eigenvalue weighted by atomic mass is 15.1. The Morgan fingerprint density at radius 2 is 1.09 bits per heavy atom. The van der Waals surface area contributed by atoms with Gasteiger partial charge in [-0.1, -0.05) is 91.3 Å². The van der Waals surface area contributed by atoms with Gasteiger partial charge in [0, 0.05) is 17.1 Å². The highest BCUT2D eigenvalue weighted by Crippen LogP contribution is 2.37. The summed E-state index contributed by atoms with van der Waals surface area (Å²) in [6.45, 7) is 16.0. The smallest absolute Gasteiger partial charge is 0.0461 e. The molecule has 170 valence electrons. The molecule has 1 atom stereocenters. The van der Waals surface area contributed by atoms with Gasteiger partial charge in [-0.15, -0.1) is 0 Å². The fraction of sp³-hybridized carbons (Fsp3) is 0.419. The summed E-state index contributed by atoms with van der Waals surface area (Å²) in [5.41, 5.74) is 8.00. The summed E-state index contributed by atoms with van der Waals surface area (Å²) in [7, 11) is 0. The topological polar surface area (TPSA) is 3.24 Å². The lowest BCUT2D eigenvalue weighted by Gasteiger charge is -2.29. The van der Waals surface area contributed by atoms with Crippen molar-refractivity contribution in [2.24, 2.45) is 0 Å². The lowest BCUT2D eigenvalue weighted by molar-refractivity contribution is 0.473. The molecule has 0 aliphatic rings. The van der Waals surface area contributed by atoms with Crippen LogP contribution in [0.1, 0.15) is 96.3 Å². The van der Waals surface area contributed by atoms with E-state index < -0.39 is 0 Å². The molecule has 1 unspecified atom stereocenters. The van der Waals surface area contributed by atoms with Crippen LogP contribution in [0.25, 0.3) is 0 Å². The zero-order valence-electron chi connectivity index (χ0n) is 21.2. The molecule has 1 heteroatoms. The maximum atomic E-state index is 2.38. The molecule has 0 N–H and O–H groups in total. The summed E-state index contributed by atoms with van der Waals surface area (Å²) in [5, 5.41) is 0. The fourth-order valence-electron chi connectivity index (χ4n) is 4.47. The molecule has 0 spiro atoms. The van der Waals surface area contributed by atoms with Gasteiger partial charge in [0.05, 0.1) is 0 Å². The van der Waals surface area contributed by atoms with Crippen molar-refractivity contribution in [3.05, 3.63) is 89.5 Å². The lowest BCUT2D eigenvalue weighted by Crippen LogP contribution is -2.17. The van der Waals surface area contributed by atoms with Crippen LogP contribution in [0, 0.1) is 0 Å². The van der Waals surface area contributed by atoms with Gasteiger partial charge in [-0.2, -0.15) is 0 Å². The highest BCUT2D eigenvalue weighted by molar-refractivity contribution is 5.76. The average molecular weight is 428 g/mol. The van der Waals surface area contributed by atoms with Gasteiger partial charge in [0.1, 0.15) is 0 Å². The third-order valence-corrected chi connectivity index (χ3v) is 6.93. The Labute approximate surface area is 196 Å². The van der Waals surface area contributed by atoms with Crippen LogP contribution >= 0.6 is 0 Å². The summed E-state index contributed by atoms with van der Waals surface area (Å²) >= 11 is 0. The minimum atomic E-state index is 0.203. The predicted molar refractivity (Wildman–Crippen MR) is 142 cm³/mol. The second-order valence-electron chi connectivity index (χ2n) is 10.2. The largest absolute Gasteiger partial charge is 0.311 e. The van der Waals surface area contributed by atoms with Crippen molar-refractivity contribution in [3.63, 3.8) is 0 Å². The zero-order chi connectivity index (χ0) is 23.3. The Morgan fingerprint density at radius 3 is 1.50 bits per heavy atom. The zero-order valence-corrected chi connectivity index (χ0v) is 21.2. The van der Waals surface area contributed by atoms with E-state index in [0.29, 0.717) is 11.8 Å². The molecule has 0 saturated carbocycles. The summed E-state index contributed by atoms with van der Waals surface area (Å²) in [6, 6.07) is 27.4. The van der Waals surface area contributed by atoms with Gasteiger partial charge in [-0.3, -0.25) is 0 Å². The molecule has 3 rings (SSSR count). The van der Waals surface area contributed by atoms with Crippen molar-refractivity contribution in [3.8, 4) is 0 Å². The van der Waals surface area contributed by atoms with E-state index in [-0.39, 0.29) is 5.41 Å². The van der Waals surface area contributed by atoms with Crippen LogP contribution in [0.4, 0.5) is 17.1 Å². The van der Waals surface area contributed by atoms with Crippen molar-refractivity contribution in [1.82, 2.24) is 0 Å². The molecule has 0 aromatic heterocycles. The molecular weight excluding hydrogens is 386 g/mol. The Hall–Kier alpha value is -2.54. The van der Waals surface area contributed by atoms with Gasteiger partial charge in [0.25, 0.3) is 0 Å². The van der Waals surface area contributed by atoms with E-state index in [4.69, 9.17) is 0 Å². The second kappa shape index (κ2) is 10.4. The first-order valence-electron chi connectivity index (χ1n) is 12.4. The molecule has 1 nitrogen and oxygen atoms in total. The monoisotopic (exact) mass is 427 g/mol. The SMILES string of the molecule is CCCC(C)(C)c1ccc(N(c2ccc(C(C)C)cc2)c2ccc(C(C)CC)cc2)cc1. The molecule has 0 saturated heterocycles. The third kappa shape index (κ3) is 5.44. The van der Waals surface area contributed by atoms with Crippen LogP contribution in [-0.4, -0.2) is 0 Å². The van der Waals surface area contributed by atoms with E-state index in [0.717, 1.165) is 6.42 Å². The molecule has 0 aliphatic carbocycles. The van der Waals surface area contributed by atoms with Gasteiger partial charge in [-0.05, 0) is 83.2 Å². The summed E-state index contributed by atoms with van der Waals surface area (Å²) < 4.78 is 0. The summed E-state index contributed by atoms with van der Waals surface area (Å²) in [4.78, 5) is 2.38. The van der Waals surface area contributed by atoms with E-state index in [9.17, 15) is 0 Å². The summed E-state index contributed by atoms with van der Waals surface area (Å²) in [5.74, 6) is 1.12. The fourth-order valence-corrected chi connectivity index (χ4v) is 4.47. The van der Waals surface area contributed by atoms with Crippen molar-refractivity contribution in [2.75, 3.05) is 4.90 Å². The third-order valence-electron chi connectivity index (χ3n) is 6.93. The molecule has 0 amide bonds. The first-order chi connectivity index (χ1) is 15.3. The molecule has 0 heterocycles. The van der Waals surface area contributed by atoms with Gasteiger partial charge in [-0.25, -0.2) is 0 Å². The minimum absolute atomic E-state index is 0.203. The maximum absolute atomic E-state index is 2.38. The number of hydrogen-bond donors (Lipinski definition) is 0. The maximum Gasteiger partial charge on any atom is 0.0461 e. The Kier molecular flexibility index (Phi) is 7.82. The first-order valence-corrected chi connectivity index (χ1v) is 12.4. The van der Waals surface area contributed by atoms with Gasteiger partial charge in [0.15, 0.2) is 0 Å². The summed E-state index contributed by atoms with van der Waals surface area (Å²) in [6.07, 6.45) is 3.56. The van der Waals surface area contributed by atoms with E-state index in [1.807, 2.05) is 0 Å². The number of nitrogens with zero attached hydrogens (tertiary/aromatic N) is 1. The van der Waals surface area contributed by atoms with Crippen molar-refractivity contribution in [2.45, 2.75) is 85.0 Å². The molecule has 0 fully saturated rings. The number of hydrogen-bond acceptors (Lipinski definition) is 1. The van der Waals surface area contributed by atoms with Crippen molar-refractivity contribution in [1.29, 1.82) is 0 Å². The minimum Gasteiger partial charge on any atom is -0.311 e. The van der Waals surface area contributed by atoms with Crippen LogP contribution in [-0.2, 0) is 5.41 Å². The van der Waals surface area contributed by atoms with Gasteiger partial charge in [0.2, 0.25) is 0 Å². The van der Waals surface area contributed by atoms with E-state index in [1.165, 1.54) is 46.6 Å². The van der Waals surface area contributed by atoms with Crippen LogP contribution < -0.4 is 4.90 Å². The van der Waals surface area contributed by atoms with Crippen LogP contribution in [0.5, 0.6) is 0 Å². The standard InChI is InChI=1S/C31H41N/c1-8-22-31(6,7)27-14-20-30(21-15-27)32(28-16-10-25(11-17-28)23(3)4)29-18-12-26(13-19-29)24(5)9-2/h10-21,23-24H,8-9,22H2,1-7H3. The Balaban J connectivity index is 2.02.